The second-order valence-electron chi connectivity index (χ2n) is 9.15. The number of pyridine rings is 1. The number of benzene rings is 2. The van der Waals surface area contributed by atoms with Gasteiger partial charge >= 0.3 is 0 Å². The fraction of sp³-hybridized carbons (Fsp3) is 0.375. The molecule has 1 N–H and O–H groups in total. The molecule has 6 nitrogen and oxygen atoms in total. The van der Waals surface area contributed by atoms with Crippen LogP contribution in [0.5, 0.6) is 0 Å². The first-order valence-corrected chi connectivity index (χ1v) is 12.3. The second kappa shape index (κ2) is 7.50. The SMILES string of the molecule is Cc1ccc(N2CC(N(C)C)C2)cc1S(=O)(=O)NC1(c2ccc(F)c3ncccc23)CC1. The van der Waals surface area contributed by atoms with Crippen molar-refractivity contribution >= 4 is 26.6 Å². The summed E-state index contributed by atoms with van der Waals surface area (Å²) < 4.78 is 44.2. The van der Waals surface area contributed by atoms with Gasteiger partial charge in [-0.1, -0.05) is 18.2 Å². The van der Waals surface area contributed by atoms with Crippen molar-refractivity contribution in [2.24, 2.45) is 0 Å². The Morgan fingerprint density at radius 2 is 1.91 bits per heavy atom. The van der Waals surface area contributed by atoms with Crippen LogP contribution in [0, 0.1) is 12.7 Å². The fourth-order valence-corrected chi connectivity index (χ4v) is 6.19. The zero-order valence-electron chi connectivity index (χ0n) is 18.5. The Kier molecular flexibility index (Phi) is 5.00. The van der Waals surface area contributed by atoms with E-state index >= 15 is 0 Å². The highest BCUT2D eigenvalue weighted by Crippen LogP contribution is 2.49. The summed E-state index contributed by atoms with van der Waals surface area (Å²) in [6, 6.07) is 12.7. The summed E-state index contributed by atoms with van der Waals surface area (Å²) in [6.45, 7) is 3.57. The van der Waals surface area contributed by atoms with E-state index < -0.39 is 21.4 Å². The van der Waals surface area contributed by atoms with Crippen LogP contribution in [0.4, 0.5) is 10.1 Å². The maximum Gasteiger partial charge on any atom is 0.241 e. The van der Waals surface area contributed by atoms with Crippen LogP contribution in [-0.2, 0) is 15.6 Å². The molecule has 168 valence electrons. The molecule has 0 bridgehead atoms. The van der Waals surface area contributed by atoms with E-state index in [1.54, 1.807) is 30.5 Å². The highest BCUT2D eigenvalue weighted by atomic mass is 32.2. The summed E-state index contributed by atoms with van der Waals surface area (Å²) in [5, 5.41) is 0.647. The lowest BCUT2D eigenvalue weighted by atomic mass is 10.00. The zero-order chi connectivity index (χ0) is 22.7. The molecule has 0 atom stereocenters. The monoisotopic (exact) mass is 454 g/mol. The molecule has 1 aliphatic heterocycles. The molecular weight excluding hydrogens is 427 g/mol. The number of nitrogens with zero attached hydrogens (tertiary/aromatic N) is 3. The Morgan fingerprint density at radius 1 is 1.16 bits per heavy atom. The maximum atomic E-state index is 14.3. The van der Waals surface area contributed by atoms with Gasteiger partial charge in [-0.05, 0) is 69.3 Å². The molecule has 3 aromatic rings. The molecule has 2 heterocycles. The third-order valence-corrected chi connectivity index (χ3v) is 8.41. The average molecular weight is 455 g/mol. The van der Waals surface area contributed by atoms with Crippen LogP contribution in [-0.4, -0.2) is 51.5 Å². The molecule has 0 radical (unpaired) electrons. The molecule has 1 saturated carbocycles. The van der Waals surface area contributed by atoms with Gasteiger partial charge in [-0.25, -0.2) is 17.5 Å². The summed E-state index contributed by atoms with van der Waals surface area (Å²) in [7, 11) is 0.328. The summed E-state index contributed by atoms with van der Waals surface area (Å²) in [6.07, 6.45) is 2.87. The third kappa shape index (κ3) is 3.56. The van der Waals surface area contributed by atoms with Crippen molar-refractivity contribution in [2.75, 3.05) is 32.1 Å². The lowest BCUT2D eigenvalue weighted by Gasteiger charge is -2.44. The smallest absolute Gasteiger partial charge is 0.241 e. The first kappa shape index (κ1) is 21.3. The van der Waals surface area contributed by atoms with Crippen molar-refractivity contribution in [3.63, 3.8) is 0 Å². The molecular formula is C24H27FN4O2S. The molecule has 32 heavy (non-hydrogen) atoms. The maximum absolute atomic E-state index is 14.3. The van der Waals surface area contributed by atoms with E-state index in [1.807, 2.05) is 19.1 Å². The number of likely N-dealkylation sites (N-methyl/N-ethyl adjacent to an activating group) is 1. The third-order valence-electron chi connectivity index (χ3n) is 6.73. The Hall–Kier alpha value is -2.55. The van der Waals surface area contributed by atoms with Gasteiger partial charge in [-0.2, -0.15) is 0 Å². The lowest BCUT2D eigenvalue weighted by molar-refractivity contribution is 0.247. The topological polar surface area (TPSA) is 65.5 Å². The first-order valence-electron chi connectivity index (χ1n) is 10.8. The summed E-state index contributed by atoms with van der Waals surface area (Å²) in [5.41, 5.74) is 1.92. The van der Waals surface area contributed by atoms with Crippen molar-refractivity contribution in [3.05, 3.63) is 65.6 Å². The number of fused-ring (bicyclic) bond motifs is 1. The molecule has 1 saturated heterocycles. The van der Waals surface area contributed by atoms with Crippen LogP contribution in [0.25, 0.3) is 10.9 Å². The molecule has 2 fully saturated rings. The van der Waals surface area contributed by atoms with Crippen molar-refractivity contribution in [1.29, 1.82) is 0 Å². The van der Waals surface area contributed by atoms with Gasteiger partial charge in [0.15, 0.2) is 0 Å². The van der Waals surface area contributed by atoms with Crippen molar-refractivity contribution in [3.8, 4) is 0 Å². The van der Waals surface area contributed by atoms with Crippen LogP contribution >= 0.6 is 0 Å². The minimum Gasteiger partial charge on any atom is -0.368 e. The normalized spacial score (nSPS) is 18.2. The molecule has 2 aliphatic rings. The van der Waals surface area contributed by atoms with Gasteiger partial charge in [-0.15, -0.1) is 0 Å². The van der Waals surface area contributed by atoms with Gasteiger partial charge in [0.2, 0.25) is 10.0 Å². The highest BCUT2D eigenvalue weighted by Gasteiger charge is 2.49. The largest absolute Gasteiger partial charge is 0.368 e. The molecule has 2 aromatic carbocycles. The van der Waals surface area contributed by atoms with E-state index in [4.69, 9.17) is 0 Å². The van der Waals surface area contributed by atoms with Gasteiger partial charge in [0.05, 0.1) is 10.4 Å². The molecule has 1 aromatic heterocycles. The van der Waals surface area contributed by atoms with Crippen LogP contribution in [0.2, 0.25) is 0 Å². The molecule has 0 spiro atoms. The van der Waals surface area contributed by atoms with Gasteiger partial charge in [-0.3, -0.25) is 4.98 Å². The van der Waals surface area contributed by atoms with Gasteiger partial charge in [0.25, 0.3) is 0 Å². The number of hydrogen-bond acceptors (Lipinski definition) is 5. The van der Waals surface area contributed by atoms with Gasteiger partial charge < -0.3 is 9.80 Å². The van der Waals surface area contributed by atoms with Crippen LogP contribution in [0.15, 0.2) is 53.6 Å². The standard InChI is InChI=1S/C24H27FN4O2S/c1-16-6-7-17(29-14-18(15-29)28(2)3)13-22(16)32(30,31)27-24(10-11-24)20-8-9-21(25)23-19(20)5-4-12-26-23/h4-9,12-13,18,27H,10-11,14-15H2,1-3H3. The fourth-order valence-electron chi connectivity index (χ4n) is 4.49. The minimum absolute atomic E-state index is 0.266. The molecule has 5 rings (SSSR count). The Labute approximate surface area is 188 Å². The second-order valence-corrected chi connectivity index (χ2v) is 10.8. The van der Waals surface area contributed by atoms with E-state index in [-0.39, 0.29) is 5.52 Å². The van der Waals surface area contributed by atoms with E-state index in [0.29, 0.717) is 34.7 Å². The number of anilines is 1. The Morgan fingerprint density at radius 3 is 2.59 bits per heavy atom. The van der Waals surface area contributed by atoms with E-state index in [2.05, 4.69) is 33.6 Å². The van der Waals surface area contributed by atoms with E-state index in [1.165, 1.54) is 6.07 Å². The number of halogens is 1. The highest BCUT2D eigenvalue weighted by molar-refractivity contribution is 7.89. The number of hydrogen-bond donors (Lipinski definition) is 1. The van der Waals surface area contributed by atoms with Gasteiger partial charge in [0, 0.05) is 36.4 Å². The van der Waals surface area contributed by atoms with E-state index in [0.717, 1.165) is 24.3 Å². The van der Waals surface area contributed by atoms with Crippen LogP contribution < -0.4 is 9.62 Å². The molecule has 0 amide bonds. The summed E-state index contributed by atoms with van der Waals surface area (Å²) >= 11 is 0. The number of aryl methyl sites for hydroxylation is 1. The van der Waals surface area contributed by atoms with Crippen molar-refractivity contribution in [2.45, 2.75) is 36.2 Å². The van der Waals surface area contributed by atoms with Crippen LogP contribution in [0.3, 0.4) is 0 Å². The quantitative estimate of drug-likeness (QED) is 0.619. The Balaban J connectivity index is 1.47. The first-order chi connectivity index (χ1) is 15.2. The molecule has 8 heteroatoms. The number of rotatable bonds is 6. The molecule has 0 unspecified atom stereocenters. The predicted octanol–water partition coefficient (Wildman–Crippen LogP) is 3.40. The van der Waals surface area contributed by atoms with Crippen molar-refractivity contribution < 1.29 is 12.8 Å². The minimum atomic E-state index is -3.78. The summed E-state index contributed by atoms with van der Waals surface area (Å²) in [4.78, 5) is 8.82. The number of sulfonamides is 1. The zero-order valence-corrected chi connectivity index (χ0v) is 19.3. The summed E-state index contributed by atoms with van der Waals surface area (Å²) in [5.74, 6) is -0.405. The Bertz CT molecular complexity index is 1300. The van der Waals surface area contributed by atoms with Crippen molar-refractivity contribution in [1.82, 2.24) is 14.6 Å². The van der Waals surface area contributed by atoms with Crippen LogP contribution in [0.1, 0.15) is 24.0 Å². The number of aromatic nitrogens is 1. The molecule has 1 aliphatic carbocycles. The lowest BCUT2D eigenvalue weighted by Crippen LogP contribution is -2.57. The van der Waals surface area contributed by atoms with Gasteiger partial charge in [0.1, 0.15) is 11.3 Å². The number of nitrogens with one attached hydrogen (secondary N) is 1. The average Bonchev–Trinajstić information content (AvgIpc) is 3.47. The van der Waals surface area contributed by atoms with E-state index in [9.17, 15) is 12.8 Å². The predicted molar refractivity (Wildman–Crippen MR) is 124 cm³/mol.